The summed E-state index contributed by atoms with van der Waals surface area (Å²) in [5.74, 6) is -0.250. The van der Waals surface area contributed by atoms with E-state index in [0.717, 1.165) is 0 Å². The van der Waals surface area contributed by atoms with Crippen molar-refractivity contribution >= 4 is 37.2 Å². The molecule has 4 atom stereocenters. The van der Waals surface area contributed by atoms with Crippen LogP contribution in [-0.4, -0.2) is 64.8 Å². The first kappa shape index (κ1) is 31.6. The standard InChI is InChI=1S/C34H39N5O6Si/c1-22-31(46(3,4)43)30(16-18-38-21-25(17-19-40)36-37-38)45-34(22)28-20-24(35-32(41)23-10-13-27(44-2)14-11-23)12-15-29(28)39(33(34)42)26-8-6-5-7-9-26/h5-15,20-22,30-31,40,43H,16-19H2,1-4H3,(H,35,41)/t22-,30+,31-,34+/m0/s1. The summed E-state index contributed by atoms with van der Waals surface area (Å²) < 4.78 is 13.9. The van der Waals surface area contributed by atoms with Crippen molar-refractivity contribution in [3.05, 3.63) is 95.8 Å². The van der Waals surface area contributed by atoms with Gasteiger partial charge in [0.2, 0.25) is 0 Å². The molecule has 0 saturated carbocycles. The first-order chi connectivity index (χ1) is 22.1. The van der Waals surface area contributed by atoms with Gasteiger partial charge < -0.3 is 24.7 Å². The van der Waals surface area contributed by atoms with E-state index in [1.165, 1.54) is 0 Å². The van der Waals surface area contributed by atoms with Crippen LogP contribution in [0.3, 0.4) is 0 Å². The molecule has 3 aromatic carbocycles. The molecule has 0 radical (unpaired) electrons. The van der Waals surface area contributed by atoms with Gasteiger partial charge in [-0.3, -0.25) is 19.2 Å². The van der Waals surface area contributed by atoms with Gasteiger partial charge in [0.25, 0.3) is 11.8 Å². The summed E-state index contributed by atoms with van der Waals surface area (Å²) in [4.78, 5) is 41.3. The van der Waals surface area contributed by atoms with Crippen LogP contribution >= 0.6 is 0 Å². The van der Waals surface area contributed by atoms with Gasteiger partial charge in [0.1, 0.15) is 5.75 Å². The highest BCUT2D eigenvalue weighted by Crippen LogP contribution is 2.61. The molecular weight excluding hydrogens is 602 g/mol. The van der Waals surface area contributed by atoms with Gasteiger partial charge in [-0.25, -0.2) is 0 Å². The lowest BCUT2D eigenvalue weighted by Crippen LogP contribution is -2.45. The lowest BCUT2D eigenvalue weighted by molar-refractivity contribution is -0.145. The van der Waals surface area contributed by atoms with Gasteiger partial charge in [-0.15, -0.1) is 5.10 Å². The second-order valence-electron chi connectivity index (χ2n) is 12.5. The largest absolute Gasteiger partial charge is 0.497 e. The van der Waals surface area contributed by atoms with Crippen molar-refractivity contribution in [2.45, 2.75) is 56.7 Å². The second kappa shape index (κ2) is 12.4. The number of para-hydroxylation sites is 1. The van der Waals surface area contributed by atoms with Crippen LogP contribution in [0.4, 0.5) is 17.1 Å². The Balaban J connectivity index is 1.38. The number of hydrogen-bond donors (Lipinski definition) is 3. The number of methoxy groups -OCH3 is 1. The number of carbonyl (C=O) groups excluding carboxylic acids is 2. The maximum absolute atomic E-state index is 14.8. The molecule has 3 N–H and O–H groups in total. The fraction of sp³-hybridized carbons (Fsp3) is 0.353. The molecule has 11 nitrogen and oxygen atoms in total. The number of fused-ring (bicyclic) bond motifs is 2. The molecule has 0 unspecified atom stereocenters. The fourth-order valence-corrected chi connectivity index (χ4v) is 9.67. The summed E-state index contributed by atoms with van der Waals surface area (Å²) in [5, 5.41) is 20.6. The summed E-state index contributed by atoms with van der Waals surface area (Å²) in [6, 6.07) is 21.7. The second-order valence-corrected chi connectivity index (χ2v) is 16.5. The Bertz CT molecular complexity index is 1720. The topological polar surface area (TPSA) is 139 Å². The Morgan fingerprint density at radius 2 is 1.85 bits per heavy atom. The molecule has 3 heterocycles. The van der Waals surface area contributed by atoms with Crippen LogP contribution in [0.25, 0.3) is 0 Å². The van der Waals surface area contributed by atoms with Crippen molar-refractivity contribution < 1.29 is 29.0 Å². The number of hydrogen-bond acceptors (Lipinski definition) is 8. The molecule has 2 amide bonds. The molecule has 4 aromatic rings. The van der Waals surface area contributed by atoms with E-state index >= 15 is 0 Å². The zero-order chi connectivity index (χ0) is 32.6. The SMILES string of the molecule is COc1ccc(C(=O)Nc2ccc3c(c2)[C@@]2(O[C@H](CCn4cc(CCO)nn4)[C@@H]([Si](C)(C)O)[C@@H]2C)C(=O)N3c2ccccc2)cc1. The molecule has 46 heavy (non-hydrogen) atoms. The highest BCUT2D eigenvalue weighted by molar-refractivity contribution is 6.71. The van der Waals surface area contributed by atoms with Crippen LogP contribution in [0, 0.1) is 5.92 Å². The molecule has 1 saturated heterocycles. The average Bonchev–Trinajstić information content (AvgIpc) is 3.69. The maximum atomic E-state index is 14.8. The van der Waals surface area contributed by atoms with Crippen molar-refractivity contribution in [3.63, 3.8) is 0 Å². The summed E-state index contributed by atoms with van der Waals surface area (Å²) in [6.07, 6.45) is 2.26. The number of rotatable bonds is 10. The fourth-order valence-electron chi connectivity index (χ4n) is 7.07. The Hall–Kier alpha value is -4.36. The van der Waals surface area contributed by atoms with E-state index in [1.807, 2.05) is 62.5 Å². The number of aliphatic hydroxyl groups excluding tert-OH is 1. The van der Waals surface area contributed by atoms with E-state index in [-0.39, 0.29) is 29.9 Å². The number of anilines is 3. The number of benzene rings is 3. The lowest BCUT2D eigenvalue weighted by Gasteiger charge is -2.32. The third-order valence-corrected chi connectivity index (χ3v) is 11.6. The Kier molecular flexibility index (Phi) is 8.55. The van der Waals surface area contributed by atoms with Crippen LogP contribution in [0.1, 0.15) is 35.0 Å². The van der Waals surface area contributed by atoms with Gasteiger partial charge in [-0.2, -0.15) is 0 Å². The smallest absolute Gasteiger partial charge is 0.268 e. The third-order valence-electron chi connectivity index (χ3n) is 9.11. The Morgan fingerprint density at radius 1 is 1.11 bits per heavy atom. The van der Waals surface area contributed by atoms with Gasteiger partial charge in [-0.1, -0.05) is 30.3 Å². The van der Waals surface area contributed by atoms with Crippen LogP contribution < -0.4 is 15.0 Å². The van der Waals surface area contributed by atoms with Crippen molar-refractivity contribution in [2.24, 2.45) is 5.92 Å². The van der Waals surface area contributed by atoms with Gasteiger partial charge in [-0.05, 0) is 74.1 Å². The number of aliphatic hydroxyl groups is 1. The van der Waals surface area contributed by atoms with Crippen LogP contribution in [0.15, 0.2) is 79.0 Å². The summed E-state index contributed by atoms with van der Waals surface area (Å²) in [6.45, 7) is 6.22. The number of aryl methyl sites for hydroxylation is 1. The Morgan fingerprint density at radius 3 is 2.52 bits per heavy atom. The predicted octanol–water partition coefficient (Wildman–Crippen LogP) is 4.64. The molecule has 12 heteroatoms. The number of ether oxygens (including phenoxy) is 2. The van der Waals surface area contributed by atoms with E-state index in [0.29, 0.717) is 59.0 Å². The number of amides is 2. The quantitative estimate of drug-likeness (QED) is 0.213. The molecule has 6 rings (SSSR count). The minimum atomic E-state index is -2.89. The van der Waals surface area contributed by atoms with E-state index in [4.69, 9.17) is 9.47 Å². The van der Waals surface area contributed by atoms with Gasteiger partial charge in [0.05, 0.1) is 24.6 Å². The summed E-state index contributed by atoms with van der Waals surface area (Å²) in [7, 11) is -1.32. The molecule has 240 valence electrons. The third kappa shape index (κ3) is 5.62. The normalized spacial score (nSPS) is 22.3. The summed E-state index contributed by atoms with van der Waals surface area (Å²) in [5.41, 5.74) is 2.04. The molecule has 0 aliphatic carbocycles. The van der Waals surface area contributed by atoms with Crippen LogP contribution in [0.5, 0.6) is 5.75 Å². The van der Waals surface area contributed by atoms with Crippen LogP contribution in [-0.2, 0) is 28.1 Å². The van der Waals surface area contributed by atoms with E-state index < -0.39 is 20.0 Å². The molecule has 1 aromatic heterocycles. The zero-order valence-corrected chi connectivity index (χ0v) is 27.4. The molecular formula is C34H39N5O6Si. The van der Waals surface area contributed by atoms with Gasteiger partial charge in [0, 0.05) is 59.7 Å². The summed E-state index contributed by atoms with van der Waals surface area (Å²) >= 11 is 0. The van der Waals surface area contributed by atoms with E-state index in [1.54, 1.807) is 53.2 Å². The first-order valence-corrected chi connectivity index (χ1v) is 18.5. The maximum Gasteiger partial charge on any atom is 0.268 e. The lowest BCUT2D eigenvalue weighted by atomic mass is 9.82. The average molecular weight is 642 g/mol. The monoisotopic (exact) mass is 641 g/mol. The van der Waals surface area contributed by atoms with Crippen LogP contribution in [0.2, 0.25) is 18.6 Å². The van der Waals surface area contributed by atoms with Crippen molar-refractivity contribution in [2.75, 3.05) is 23.9 Å². The number of nitrogens with zero attached hydrogens (tertiary/aromatic N) is 4. The number of nitrogens with one attached hydrogen (secondary N) is 1. The van der Waals surface area contributed by atoms with Crippen molar-refractivity contribution in [1.82, 2.24) is 15.0 Å². The molecule has 0 bridgehead atoms. The molecule has 2 aliphatic heterocycles. The number of aromatic nitrogens is 3. The van der Waals surface area contributed by atoms with Gasteiger partial charge >= 0.3 is 0 Å². The molecule has 2 aliphatic rings. The predicted molar refractivity (Wildman–Crippen MR) is 176 cm³/mol. The highest BCUT2D eigenvalue weighted by atomic mass is 28.4. The first-order valence-electron chi connectivity index (χ1n) is 15.5. The Labute approximate surface area is 268 Å². The van der Waals surface area contributed by atoms with E-state index in [2.05, 4.69) is 15.6 Å². The molecule has 1 spiro atoms. The number of carbonyl (C=O) groups is 2. The van der Waals surface area contributed by atoms with Crippen molar-refractivity contribution in [1.29, 1.82) is 0 Å². The van der Waals surface area contributed by atoms with Gasteiger partial charge in [0.15, 0.2) is 13.9 Å². The minimum absolute atomic E-state index is 0.0151. The zero-order valence-electron chi connectivity index (χ0n) is 26.4. The molecule has 1 fully saturated rings. The minimum Gasteiger partial charge on any atom is -0.497 e. The highest BCUT2D eigenvalue weighted by Gasteiger charge is 2.66. The van der Waals surface area contributed by atoms with Crippen molar-refractivity contribution in [3.8, 4) is 5.75 Å². The van der Waals surface area contributed by atoms with E-state index in [9.17, 15) is 19.5 Å².